The molecule has 0 saturated carbocycles. The number of pyridine rings is 1. The summed E-state index contributed by atoms with van der Waals surface area (Å²) < 4.78 is 63.1. The van der Waals surface area contributed by atoms with Gasteiger partial charge < -0.3 is 15.4 Å². The molecule has 1 atom stereocenters. The highest BCUT2D eigenvalue weighted by molar-refractivity contribution is 7.92. The Labute approximate surface area is 258 Å². The number of benzene rings is 1. The van der Waals surface area contributed by atoms with Crippen LogP contribution in [-0.4, -0.2) is 54.0 Å². The van der Waals surface area contributed by atoms with Crippen LogP contribution in [0.2, 0.25) is 0 Å². The number of rotatable bonds is 11. The van der Waals surface area contributed by atoms with Gasteiger partial charge in [0, 0.05) is 36.2 Å². The first-order valence-electron chi connectivity index (χ1n) is 13.6. The number of hydrogen-bond acceptors (Lipinski definition) is 10. The van der Waals surface area contributed by atoms with Gasteiger partial charge in [-0.2, -0.15) is 12.8 Å². The Balaban J connectivity index is 1.71. The minimum absolute atomic E-state index is 0.0323. The molecular formula is C29H33F2N7O4S2. The molecule has 4 aromatic rings. The Morgan fingerprint density at radius 3 is 2.50 bits per heavy atom. The second-order valence-corrected chi connectivity index (χ2v) is 13.5. The zero-order valence-electron chi connectivity index (χ0n) is 25.0. The molecular weight excluding hydrogens is 612 g/mol. The summed E-state index contributed by atoms with van der Waals surface area (Å²) in [6.07, 6.45) is 1.93. The zero-order valence-corrected chi connectivity index (χ0v) is 26.7. The van der Waals surface area contributed by atoms with Crippen molar-refractivity contribution in [2.45, 2.75) is 57.5 Å². The van der Waals surface area contributed by atoms with Gasteiger partial charge in [0.25, 0.3) is 16.0 Å². The third kappa shape index (κ3) is 7.45. The third-order valence-electron chi connectivity index (χ3n) is 6.23. The number of ether oxygens (including phenoxy) is 1. The molecule has 0 unspecified atom stereocenters. The van der Waals surface area contributed by atoms with Gasteiger partial charge in [-0.15, -0.1) is 11.3 Å². The zero-order chi connectivity index (χ0) is 32.2. The molecule has 0 fully saturated rings. The van der Waals surface area contributed by atoms with Crippen LogP contribution in [0.25, 0.3) is 21.8 Å². The Hall–Kier alpha value is -4.24. The number of thiazole rings is 1. The number of halogens is 2. The maximum Gasteiger partial charge on any atom is 0.279 e. The van der Waals surface area contributed by atoms with E-state index in [4.69, 9.17) is 9.72 Å². The van der Waals surface area contributed by atoms with E-state index in [2.05, 4.69) is 30.3 Å². The van der Waals surface area contributed by atoms with Crippen LogP contribution in [-0.2, 0) is 20.2 Å². The topological polar surface area (TPSA) is 148 Å². The average molecular weight is 646 g/mol. The van der Waals surface area contributed by atoms with Crippen molar-refractivity contribution in [2.24, 2.45) is 0 Å². The summed E-state index contributed by atoms with van der Waals surface area (Å²) in [6.45, 7) is 9.92. The van der Waals surface area contributed by atoms with Crippen molar-refractivity contribution in [1.29, 1.82) is 0 Å². The Kier molecular flexibility index (Phi) is 9.78. The van der Waals surface area contributed by atoms with Crippen molar-refractivity contribution in [3.63, 3.8) is 0 Å². The van der Waals surface area contributed by atoms with Gasteiger partial charge in [0.05, 0.1) is 34.1 Å². The Bertz CT molecular complexity index is 1780. The number of amides is 1. The maximum atomic E-state index is 16.1. The quantitative estimate of drug-likeness (QED) is 0.183. The van der Waals surface area contributed by atoms with E-state index >= 15 is 4.39 Å². The van der Waals surface area contributed by atoms with Gasteiger partial charge in [0.15, 0.2) is 16.6 Å². The monoisotopic (exact) mass is 645 g/mol. The first-order chi connectivity index (χ1) is 20.7. The van der Waals surface area contributed by atoms with Crippen LogP contribution in [0.15, 0.2) is 47.6 Å². The molecule has 3 heterocycles. The summed E-state index contributed by atoms with van der Waals surface area (Å²) in [6, 6.07) is 7.89. The van der Waals surface area contributed by atoms with Gasteiger partial charge in [-0.05, 0) is 37.3 Å². The first-order valence-corrected chi connectivity index (χ1v) is 15.9. The molecule has 1 amide bonds. The number of aromatic nitrogens is 4. The van der Waals surface area contributed by atoms with Crippen LogP contribution < -0.4 is 20.1 Å². The molecule has 3 aromatic heterocycles. The highest BCUT2D eigenvalue weighted by atomic mass is 32.2. The van der Waals surface area contributed by atoms with Crippen molar-refractivity contribution in [1.82, 2.24) is 25.3 Å². The molecule has 11 nitrogen and oxygen atoms in total. The van der Waals surface area contributed by atoms with Gasteiger partial charge in [0.1, 0.15) is 0 Å². The van der Waals surface area contributed by atoms with Crippen molar-refractivity contribution in [2.75, 3.05) is 23.7 Å². The summed E-state index contributed by atoms with van der Waals surface area (Å²) in [5, 5.41) is 6.03. The van der Waals surface area contributed by atoms with Crippen molar-refractivity contribution in [3.05, 3.63) is 59.4 Å². The minimum atomic E-state index is -4.46. The lowest BCUT2D eigenvalue weighted by Gasteiger charge is -2.14. The SMILES string of the molecule is CCC(=O)N[C@@H](C)CNc1nccc(-c2sc(C(C)(C)C)nc2-c2cccc(NS(=O)(=O)c3ccc(OC)c(F)n3)c2F)n1. The van der Waals surface area contributed by atoms with E-state index in [-0.39, 0.29) is 34.6 Å². The number of anilines is 2. The van der Waals surface area contributed by atoms with Crippen molar-refractivity contribution < 1.29 is 26.7 Å². The Morgan fingerprint density at radius 2 is 1.84 bits per heavy atom. The molecule has 4 rings (SSSR count). The predicted octanol–water partition coefficient (Wildman–Crippen LogP) is 5.37. The maximum absolute atomic E-state index is 16.1. The van der Waals surface area contributed by atoms with Gasteiger partial charge in [-0.25, -0.2) is 24.3 Å². The Morgan fingerprint density at radius 1 is 1.09 bits per heavy atom. The normalized spacial score (nSPS) is 12.5. The average Bonchev–Trinajstić information content (AvgIpc) is 3.43. The standard InChI is InChI=1S/C29H33F2N7O4S2/c1-7-21(39)34-16(2)15-33-28-32-14-13-19(35-28)25-24(37-27(43-25)29(3,4)5)17-9-8-10-18(23(17)30)38-44(40,41)22-12-11-20(42-6)26(31)36-22/h8-14,16,38H,7,15H2,1-6H3,(H,34,39)(H,32,33,35)/t16-/m0/s1. The highest BCUT2D eigenvalue weighted by Crippen LogP contribution is 2.42. The van der Waals surface area contributed by atoms with Crippen LogP contribution in [0.4, 0.5) is 20.4 Å². The lowest BCUT2D eigenvalue weighted by molar-refractivity contribution is -0.121. The van der Waals surface area contributed by atoms with Gasteiger partial charge >= 0.3 is 0 Å². The van der Waals surface area contributed by atoms with Crippen LogP contribution in [0.5, 0.6) is 5.75 Å². The van der Waals surface area contributed by atoms with E-state index < -0.39 is 32.2 Å². The fourth-order valence-electron chi connectivity index (χ4n) is 3.94. The minimum Gasteiger partial charge on any atom is -0.492 e. The van der Waals surface area contributed by atoms with E-state index in [0.29, 0.717) is 34.5 Å². The molecule has 1 aromatic carbocycles. The summed E-state index contributed by atoms with van der Waals surface area (Å²) in [7, 11) is -3.24. The molecule has 15 heteroatoms. The second kappa shape index (κ2) is 13.2. The number of sulfonamides is 1. The highest BCUT2D eigenvalue weighted by Gasteiger charge is 2.27. The number of nitrogens with zero attached hydrogens (tertiary/aromatic N) is 4. The molecule has 0 aliphatic heterocycles. The molecule has 0 aliphatic carbocycles. The van der Waals surface area contributed by atoms with Crippen LogP contribution in [0.1, 0.15) is 46.0 Å². The summed E-state index contributed by atoms with van der Waals surface area (Å²) in [5.41, 5.74) is 0.00695. The van der Waals surface area contributed by atoms with Crippen LogP contribution in [0.3, 0.4) is 0 Å². The number of carbonyl (C=O) groups excluding carboxylic acids is 1. The van der Waals surface area contributed by atoms with E-state index in [0.717, 1.165) is 12.1 Å². The largest absolute Gasteiger partial charge is 0.492 e. The van der Waals surface area contributed by atoms with Crippen LogP contribution in [0, 0.1) is 11.8 Å². The van der Waals surface area contributed by atoms with Crippen molar-refractivity contribution in [3.8, 4) is 27.6 Å². The lowest BCUT2D eigenvalue weighted by atomic mass is 9.98. The molecule has 0 radical (unpaired) electrons. The number of methoxy groups -OCH3 is 1. The first kappa shape index (κ1) is 32.7. The summed E-state index contributed by atoms with van der Waals surface area (Å²) in [4.78, 5) is 29.3. The lowest BCUT2D eigenvalue weighted by Crippen LogP contribution is -2.37. The number of hydrogen-bond donors (Lipinski definition) is 3. The van der Waals surface area contributed by atoms with E-state index in [1.165, 1.54) is 36.6 Å². The van der Waals surface area contributed by atoms with E-state index in [9.17, 15) is 17.6 Å². The molecule has 0 saturated heterocycles. The fourth-order valence-corrected chi connectivity index (χ4v) is 6.04. The van der Waals surface area contributed by atoms with E-state index in [1.54, 1.807) is 19.2 Å². The molecule has 0 bridgehead atoms. The van der Waals surface area contributed by atoms with Gasteiger partial charge in [-0.1, -0.05) is 33.8 Å². The van der Waals surface area contributed by atoms with Crippen LogP contribution >= 0.6 is 11.3 Å². The van der Waals surface area contributed by atoms with Gasteiger partial charge in [0.2, 0.25) is 11.9 Å². The molecule has 0 spiro atoms. The third-order valence-corrected chi connectivity index (χ3v) is 9.00. The van der Waals surface area contributed by atoms with Crippen molar-refractivity contribution >= 4 is 38.9 Å². The smallest absolute Gasteiger partial charge is 0.279 e. The second-order valence-electron chi connectivity index (χ2n) is 10.8. The molecule has 0 aliphatic rings. The number of carbonyl (C=O) groups is 1. The van der Waals surface area contributed by atoms with Gasteiger partial charge in [-0.3, -0.25) is 9.52 Å². The molecule has 3 N–H and O–H groups in total. The molecule has 234 valence electrons. The summed E-state index contributed by atoms with van der Waals surface area (Å²) >= 11 is 1.33. The van der Waals surface area contributed by atoms with E-state index in [1.807, 2.05) is 27.7 Å². The fraction of sp³-hybridized carbons (Fsp3) is 0.345. The predicted molar refractivity (Wildman–Crippen MR) is 165 cm³/mol. The molecule has 44 heavy (non-hydrogen) atoms. The summed E-state index contributed by atoms with van der Waals surface area (Å²) in [5.74, 6) is -2.01. The number of nitrogens with one attached hydrogen (secondary N) is 3.